The maximum atomic E-state index is 13.4. The van der Waals surface area contributed by atoms with Crippen molar-refractivity contribution in [3.05, 3.63) is 66.0 Å². The summed E-state index contributed by atoms with van der Waals surface area (Å²) in [6, 6.07) is 8.26. The van der Waals surface area contributed by atoms with Crippen molar-refractivity contribution in [1.82, 2.24) is 9.97 Å². The Labute approximate surface area is 155 Å². The first kappa shape index (κ1) is 18.6. The highest BCUT2D eigenvalue weighted by molar-refractivity contribution is 6.43. The topological polar surface area (TPSA) is 69.9 Å². The summed E-state index contributed by atoms with van der Waals surface area (Å²) in [7, 11) is 0. The Balaban J connectivity index is 1.86. The lowest BCUT2D eigenvalue weighted by atomic mass is 10.1. The Hall–Kier alpha value is -3.22. The summed E-state index contributed by atoms with van der Waals surface area (Å²) >= 11 is 0. The van der Waals surface area contributed by atoms with Gasteiger partial charge in [-0.3, -0.25) is 20.2 Å². The number of nitrogens with one attached hydrogen (secondary N) is 1. The summed E-state index contributed by atoms with van der Waals surface area (Å²) in [4.78, 5) is 22.7. The number of hydrogen-bond acceptors (Lipinski definition) is 4. The minimum absolute atomic E-state index is 0.152. The van der Waals surface area contributed by atoms with Gasteiger partial charge in [0, 0.05) is 37.1 Å². The van der Waals surface area contributed by atoms with Crippen molar-refractivity contribution in [1.29, 1.82) is 5.41 Å². The minimum atomic E-state index is -0.733. The molecule has 0 fully saturated rings. The van der Waals surface area contributed by atoms with E-state index in [1.54, 1.807) is 30.6 Å². The van der Waals surface area contributed by atoms with Crippen molar-refractivity contribution in [2.45, 2.75) is 19.8 Å². The lowest BCUT2D eigenvalue weighted by Gasteiger charge is -2.23. The van der Waals surface area contributed by atoms with Crippen LogP contribution in [-0.4, -0.2) is 28.1 Å². The molecular formula is C20H18F2N4O. The Morgan fingerprint density at radius 1 is 1.04 bits per heavy atom. The van der Waals surface area contributed by atoms with Crippen molar-refractivity contribution in [2.24, 2.45) is 0 Å². The second kappa shape index (κ2) is 7.99. The maximum absolute atomic E-state index is 13.4. The van der Waals surface area contributed by atoms with Gasteiger partial charge in [-0.1, -0.05) is 6.92 Å². The molecule has 0 aliphatic carbocycles. The number of hydrogen-bond donors (Lipinski definition) is 1. The van der Waals surface area contributed by atoms with E-state index in [0.29, 0.717) is 29.7 Å². The second-order valence-corrected chi connectivity index (χ2v) is 6.12. The SMILES string of the molecule is CCCN(C(=O)C(=N)Cc1cc(F)cc(F)c1)c1ccc2nccnc2c1. The quantitative estimate of drug-likeness (QED) is 0.671. The molecule has 1 heterocycles. The monoisotopic (exact) mass is 368 g/mol. The van der Waals surface area contributed by atoms with Gasteiger partial charge in [-0.2, -0.15) is 0 Å². The van der Waals surface area contributed by atoms with E-state index in [1.807, 2.05) is 6.92 Å². The van der Waals surface area contributed by atoms with Crippen LogP contribution in [0.15, 0.2) is 48.8 Å². The fourth-order valence-electron chi connectivity index (χ4n) is 2.85. The van der Waals surface area contributed by atoms with Crippen molar-refractivity contribution in [2.75, 3.05) is 11.4 Å². The van der Waals surface area contributed by atoms with E-state index in [1.165, 1.54) is 4.90 Å². The molecule has 1 N–H and O–H groups in total. The number of carbonyl (C=O) groups excluding carboxylic acids is 1. The van der Waals surface area contributed by atoms with Crippen LogP contribution in [-0.2, 0) is 11.2 Å². The number of rotatable bonds is 6. The van der Waals surface area contributed by atoms with E-state index in [0.717, 1.165) is 18.2 Å². The largest absolute Gasteiger partial charge is 0.307 e. The van der Waals surface area contributed by atoms with Crippen LogP contribution in [0.2, 0.25) is 0 Å². The zero-order valence-corrected chi connectivity index (χ0v) is 14.7. The highest BCUT2D eigenvalue weighted by atomic mass is 19.1. The molecule has 0 saturated carbocycles. The zero-order valence-electron chi connectivity index (χ0n) is 14.7. The van der Waals surface area contributed by atoms with Gasteiger partial charge in [-0.15, -0.1) is 0 Å². The number of aromatic nitrogens is 2. The lowest BCUT2D eigenvalue weighted by molar-refractivity contribution is -0.112. The first-order valence-corrected chi connectivity index (χ1v) is 8.53. The predicted molar refractivity (Wildman–Crippen MR) is 100.0 cm³/mol. The highest BCUT2D eigenvalue weighted by Crippen LogP contribution is 2.21. The molecule has 1 amide bonds. The predicted octanol–water partition coefficient (Wildman–Crippen LogP) is 3.91. The molecule has 0 aliphatic heterocycles. The van der Waals surface area contributed by atoms with E-state index in [9.17, 15) is 13.6 Å². The van der Waals surface area contributed by atoms with Crippen LogP contribution in [0, 0.1) is 17.0 Å². The smallest absolute Gasteiger partial charge is 0.272 e. The van der Waals surface area contributed by atoms with Crippen molar-refractivity contribution < 1.29 is 13.6 Å². The minimum Gasteiger partial charge on any atom is -0.307 e. The van der Waals surface area contributed by atoms with Crippen molar-refractivity contribution in [3.63, 3.8) is 0 Å². The van der Waals surface area contributed by atoms with Crippen molar-refractivity contribution in [3.8, 4) is 0 Å². The standard InChI is InChI=1S/C20H18F2N4O/c1-2-7-26(16-3-4-18-19(12-16)25-6-5-24-18)20(27)17(23)10-13-8-14(21)11-15(22)9-13/h3-6,8-9,11-12,23H,2,7,10H2,1H3. The first-order chi connectivity index (χ1) is 13.0. The van der Waals surface area contributed by atoms with Crippen molar-refractivity contribution >= 4 is 28.3 Å². The number of fused-ring (bicyclic) bond motifs is 1. The van der Waals surface area contributed by atoms with Gasteiger partial charge in [0.05, 0.1) is 11.0 Å². The maximum Gasteiger partial charge on any atom is 0.272 e. The molecule has 0 spiro atoms. The highest BCUT2D eigenvalue weighted by Gasteiger charge is 2.21. The average molecular weight is 368 g/mol. The molecule has 0 bridgehead atoms. The number of amides is 1. The molecule has 5 nitrogen and oxygen atoms in total. The van der Waals surface area contributed by atoms with Gasteiger partial charge in [0.1, 0.15) is 17.3 Å². The van der Waals surface area contributed by atoms with Gasteiger partial charge in [-0.05, 0) is 42.3 Å². The van der Waals surface area contributed by atoms with Gasteiger partial charge in [0.2, 0.25) is 0 Å². The Bertz CT molecular complexity index is 986. The van der Waals surface area contributed by atoms with E-state index in [-0.39, 0.29) is 17.7 Å². The Morgan fingerprint density at radius 2 is 1.70 bits per heavy atom. The fourth-order valence-corrected chi connectivity index (χ4v) is 2.85. The van der Waals surface area contributed by atoms with Crippen LogP contribution in [0.5, 0.6) is 0 Å². The molecule has 138 valence electrons. The van der Waals surface area contributed by atoms with Crippen LogP contribution >= 0.6 is 0 Å². The van der Waals surface area contributed by atoms with Crippen LogP contribution in [0.25, 0.3) is 11.0 Å². The van der Waals surface area contributed by atoms with E-state index in [4.69, 9.17) is 5.41 Å². The zero-order chi connectivity index (χ0) is 19.4. The average Bonchev–Trinajstić information content (AvgIpc) is 2.64. The molecule has 0 unspecified atom stereocenters. The second-order valence-electron chi connectivity index (χ2n) is 6.12. The first-order valence-electron chi connectivity index (χ1n) is 8.53. The Morgan fingerprint density at radius 3 is 2.37 bits per heavy atom. The normalized spacial score (nSPS) is 10.8. The van der Waals surface area contributed by atoms with Gasteiger partial charge >= 0.3 is 0 Å². The van der Waals surface area contributed by atoms with E-state index < -0.39 is 17.5 Å². The third-order valence-electron chi connectivity index (χ3n) is 4.02. The van der Waals surface area contributed by atoms with Crippen LogP contribution in [0.1, 0.15) is 18.9 Å². The van der Waals surface area contributed by atoms with Crippen LogP contribution in [0.3, 0.4) is 0 Å². The summed E-state index contributed by atoms with van der Waals surface area (Å²) in [5, 5.41) is 8.13. The molecule has 3 rings (SSSR count). The molecule has 0 aliphatic rings. The number of halogens is 2. The fraction of sp³-hybridized carbons (Fsp3) is 0.200. The third-order valence-corrected chi connectivity index (χ3v) is 4.02. The summed E-state index contributed by atoms with van der Waals surface area (Å²) in [5.74, 6) is -1.97. The number of benzene rings is 2. The van der Waals surface area contributed by atoms with E-state index >= 15 is 0 Å². The molecule has 0 saturated heterocycles. The van der Waals surface area contributed by atoms with Gasteiger partial charge < -0.3 is 4.90 Å². The van der Waals surface area contributed by atoms with Gasteiger partial charge in [0.15, 0.2) is 0 Å². The molecule has 2 aromatic carbocycles. The van der Waals surface area contributed by atoms with E-state index in [2.05, 4.69) is 9.97 Å². The number of carbonyl (C=O) groups is 1. The molecule has 3 aromatic rings. The molecule has 0 atom stereocenters. The number of anilines is 1. The molecule has 27 heavy (non-hydrogen) atoms. The molecular weight excluding hydrogens is 350 g/mol. The summed E-state index contributed by atoms with van der Waals surface area (Å²) in [6.45, 7) is 2.33. The molecule has 0 radical (unpaired) electrons. The summed E-state index contributed by atoms with van der Waals surface area (Å²) in [6.07, 6.45) is 3.69. The van der Waals surface area contributed by atoms with Crippen LogP contribution < -0.4 is 4.90 Å². The summed E-state index contributed by atoms with van der Waals surface area (Å²) in [5.41, 5.74) is 1.95. The number of nitrogens with zero attached hydrogens (tertiary/aromatic N) is 3. The van der Waals surface area contributed by atoms with Gasteiger partial charge in [-0.25, -0.2) is 8.78 Å². The van der Waals surface area contributed by atoms with Crippen LogP contribution in [0.4, 0.5) is 14.5 Å². The lowest BCUT2D eigenvalue weighted by Crippen LogP contribution is -2.37. The van der Waals surface area contributed by atoms with Gasteiger partial charge in [0.25, 0.3) is 5.91 Å². The molecule has 7 heteroatoms. The Kier molecular flexibility index (Phi) is 5.49. The third kappa shape index (κ3) is 4.31. The molecule has 1 aromatic heterocycles. The summed E-state index contributed by atoms with van der Waals surface area (Å²) < 4.78 is 26.7.